The predicted octanol–water partition coefficient (Wildman–Crippen LogP) is 5.34. The second-order valence-electron chi connectivity index (χ2n) is 9.31. The van der Waals surface area contributed by atoms with E-state index in [0.717, 1.165) is 0 Å². The van der Waals surface area contributed by atoms with E-state index < -0.39 is 0 Å². The zero-order valence-electron chi connectivity index (χ0n) is 20.6. The summed E-state index contributed by atoms with van der Waals surface area (Å²) in [6.45, 7) is 9.15. The van der Waals surface area contributed by atoms with E-state index >= 15 is 0 Å². The van der Waals surface area contributed by atoms with Crippen molar-refractivity contribution in [3.05, 3.63) is 11.6 Å². The molecule has 0 atom stereocenters. The van der Waals surface area contributed by atoms with Crippen molar-refractivity contribution in [3.8, 4) is 0 Å². The molecule has 0 unspecified atom stereocenters. The Kier molecular flexibility index (Phi) is 30.1. The van der Waals surface area contributed by atoms with Crippen LogP contribution >= 0.6 is 0 Å². The molecule has 0 aliphatic rings. The van der Waals surface area contributed by atoms with E-state index in [9.17, 15) is 0 Å². The fourth-order valence-electron chi connectivity index (χ4n) is 3.98. The number of hydrogen-bond donors (Lipinski definition) is 1. The molecular formula is C27H56ClN. The van der Waals surface area contributed by atoms with E-state index in [4.69, 9.17) is 0 Å². The molecule has 0 rings (SSSR count). The van der Waals surface area contributed by atoms with Gasteiger partial charge in [-0.2, -0.15) is 0 Å². The summed E-state index contributed by atoms with van der Waals surface area (Å²) in [5, 5.41) is 2.45. The maximum absolute atomic E-state index is 2.45. The first-order chi connectivity index (χ1) is 13.8. The number of unbranched alkanes of at least 4 members (excludes halogenated alkanes) is 19. The van der Waals surface area contributed by atoms with Crippen LogP contribution in [0.1, 0.15) is 149 Å². The maximum atomic E-state index is 2.45. The fourth-order valence-corrected chi connectivity index (χ4v) is 3.98. The Balaban J connectivity index is 0. The standard InChI is InChI=1S/C27H55N.ClH/c1-4-5-6-7-8-9-10-11-12-13-14-15-16-17-18-19-20-21-22-23-25-28-26-24-27(2)3;/h24,28H,4-23,25-26H2,1-3H3;1H. The van der Waals surface area contributed by atoms with E-state index in [1.54, 1.807) is 0 Å². The minimum Gasteiger partial charge on any atom is -1.00 e. The molecule has 1 nitrogen and oxygen atoms in total. The SMILES string of the molecule is CCCCCCCCCCCCCCCCCCCCCC[NH2+]CC=C(C)C.[Cl-]. The molecule has 2 N–H and O–H groups in total. The van der Waals surface area contributed by atoms with E-state index in [1.807, 2.05) is 0 Å². The molecule has 0 fully saturated rings. The molecule has 0 bridgehead atoms. The summed E-state index contributed by atoms with van der Waals surface area (Å²) >= 11 is 0. The first-order valence-corrected chi connectivity index (χ1v) is 13.2. The third kappa shape index (κ3) is 30.3. The molecule has 0 aromatic carbocycles. The third-order valence-corrected chi connectivity index (χ3v) is 5.95. The van der Waals surface area contributed by atoms with Gasteiger partial charge in [0, 0.05) is 0 Å². The van der Waals surface area contributed by atoms with Crippen LogP contribution in [-0.4, -0.2) is 13.1 Å². The summed E-state index contributed by atoms with van der Waals surface area (Å²) in [4.78, 5) is 0. The van der Waals surface area contributed by atoms with Crippen molar-refractivity contribution in [1.82, 2.24) is 0 Å². The predicted molar refractivity (Wildman–Crippen MR) is 129 cm³/mol. The van der Waals surface area contributed by atoms with E-state index in [-0.39, 0.29) is 12.4 Å². The van der Waals surface area contributed by atoms with Crippen LogP contribution in [0.5, 0.6) is 0 Å². The van der Waals surface area contributed by atoms with Crippen LogP contribution < -0.4 is 17.7 Å². The lowest BCUT2D eigenvalue weighted by Gasteiger charge is -2.04. The Hall–Kier alpha value is -0.0100. The van der Waals surface area contributed by atoms with Crippen LogP contribution in [0.3, 0.4) is 0 Å². The average Bonchev–Trinajstić information content (AvgIpc) is 2.68. The second kappa shape index (κ2) is 28.0. The van der Waals surface area contributed by atoms with Gasteiger partial charge in [-0.1, -0.05) is 128 Å². The van der Waals surface area contributed by atoms with Gasteiger partial charge in [-0.25, -0.2) is 0 Å². The lowest BCUT2D eigenvalue weighted by atomic mass is 10.0. The number of nitrogens with two attached hydrogens (primary N) is 1. The fraction of sp³-hybridized carbons (Fsp3) is 0.926. The summed E-state index contributed by atoms with van der Waals surface area (Å²) < 4.78 is 0. The lowest BCUT2D eigenvalue weighted by molar-refractivity contribution is -0.646. The monoisotopic (exact) mass is 429 g/mol. The van der Waals surface area contributed by atoms with Gasteiger partial charge in [0.15, 0.2) is 0 Å². The average molecular weight is 430 g/mol. The molecule has 0 aliphatic carbocycles. The van der Waals surface area contributed by atoms with Crippen molar-refractivity contribution < 1.29 is 17.7 Å². The summed E-state index contributed by atoms with van der Waals surface area (Å²) in [6.07, 6.45) is 31.6. The third-order valence-electron chi connectivity index (χ3n) is 5.95. The molecule has 0 spiro atoms. The van der Waals surface area contributed by atoms with Gasteiger partial charge in [-0.3, -0.25) is 0 Å². The number of halogens is 1. The van der Waals surface area contributed by atoms with Gasteiger partial charge in [0.05, 0.1) is 13.1 Å². The molecular weight excluding hydrogens is 374 g/mol. The highest BCUT2D eigenvalue weighted by Crippen LogP contribution is 2.14. The van der Waals surface area contributed by atoms with Crippen LogP contribution in [0, 0.1) is 0 Å². The maximum Gasteiger partial charge on any atom is 0.0944 e. The highest BCUT2D eigenvalue weighted by atomic mass is 35.5. The molecule has 176 valence electrons. The zero-order chi connectivity index (χ0) is 20.5. The minimum atomic E-state index is 0. The Morgan fingerprint density at radius 3 is 1.14 bits per heavy atom. The molecule has 0 aromatic rings. The smallest absolute Gasteiger partial charge is 0.0944 e. The second-order valence-corrected chi connectivity index (χ2v) is 9.31. The molecule has 0 heterocycles. The Bertz CT molecular complexity index is 310. The van der Waals surface area contributed by atoms with Crippen LogP contribution in [0.2, 0.25) is 0 Å². The van der Waals surface area contributed by atoms with Gasteiger partial charge in [0.25, 0.3) is 0 Å². The van der Waals surface area contributed by atoms with E-state index in [0.29, 0.717) is 0 Å². The van der Waals surface area contributed by atoms with E-state index in [1.165, 1.54) is 147 Å². The van der Waals surface area contributed by atoms with Crippen LogP contribution in [0.25, 0.3) is 0 Å². The normalized spacial score (nSPS) is 10.7. The van der Waals surface area contributed by atoms with Gasteiger partial charge in [-0.05, 0) is 32.8 Å². The first kappa shape index (κ1) is 31.2. The van der Waals surface area contributed by atoms with Gasteiger partial charge < -0.3 is 17.7 Å². The van der Waals surface area contributed by atoms with E-state index in [2.05, 4.69) is 32.2 Å². The van der Waals surface area contributed by atoms with Gasteiger partial charge in [0.2, 0.25) is 0 Å². The summed E-state index contributed by atoms with van der Waals surface area (Å²) in [6, 6.07) is 0. The van der Waals surface area contributed by atoms with Crippen LogP contribution in [-0.2, 0) is 0 Å². The van der Waals surface area contributed by atoms with Gasteiger partial charge >= 0.3 is 0 Å². The van der Waals surface area contributed by atoms with Crippen molar-refractivity contribution in [2.24, 2.45) is 0 Å². The molecule has 29 heavy (non-hydrogen) atoms. The zero-order valence-corrected chi connectivity index (χ0v) is 21.3. The topological polar surface area (TPSA) is 16.6 Å². The largest absolute Gasteiger partial charge is 1.00 e. The first-order valence-electron chi connectivity index (χ1n) is 13.2. The highest BCUT2D eigenvalue weighted by molar-refractivity contribution is 4.91. The number of quaternary nitrogens is 1. The molecule has 0 aliphatic heterocycles. The quantitative estimate of drug-likeness (QED) is 0.167. The van der Waals surface area contributed by atoms with Crippen molar-refractivity contribution in [3.63, 3.8) is 0 Å². The summed E-state index contributed by atoms with van der Waals surface area (Å²) in [5.41, 5.74) is 1.44. The summed E-state index contributed by atoms with van der Waals surface area (Å²) in [7, 11) is 0. The van der Waals surface area contributed by atoms with Crippen molar-refractivity contribution >= 4 is 0 Å². The minimum absolute atomic E-state index is 0. The van der Waals surface area contributed by atoms with Crippen molar-refractivity contribution in [2.45, 2.75) is 149 Å². The van der Waals surface area contributed by atoms with Crippen molar-refractivity contribution in [1.29, 1.82) is 0 Å². The van der Waals surface area contributed by atoms with Crippen molar-refractivity contribution in [2.75, 3.05) is 13.1 Å². The number of rotatable bonds is 23. The highest BCUT2D eigenvalue weighted by Gasteiger charge is 1.96. The Morgan fingerprint density at radius 2 is 0.828 bits per heavy atom. The molecule has 0 amide bonds. The number of hydrogen-bond acceptors (Lipinski definition) is 0. The molecule has 0 saturated carbocycles. The lowest BCUT2D eigenvalue weighted by Crippen LogP contribution is -3.00. The molecule has 0 radical (unpaired) electrons. The summed E-state index contributed by atoms with van der Waals surface area (Å²) in [5.74, 6) is 0. The molecule has 0 aromatic heterocycles. The Morgan fingerprint density at radius 1 is 0.517 bits per heavy atom. The Labute approximate surface area is 191 Å². The van der Waals surface area contributed by atoms with Crippen LogP contribution in [0.15, 0.2) is 11.6 Å². The van der Waals surface area contributed by atoms with Crippen LogP contribution in [0.4, 0.5) is 0 Å². The van der Waals surface area contributed by atoms with Gasteiger partial charge in [0.1, 0.15) is 0 Å². The molecule has 2 heteroatoms. The molecule has 0 saturated heterocycles. The number of allylic oxidation sites excluding steroid dienone is 1. The van der Waals surface area contributed by atoms with Gasteiger partial charge in [-0.15, -0.1) is 0 Å².